The van der Waals surface area contributed by atoms with Gasteiger partial charge in [0.1, 0.15) is 0 Å². The van der Waals surface area contributed by atoms with Crippen LogP contribution < -0.4 is 15.6 Å². The molecule has 2 fully saturated rings. The summed E-state index contributed by atoms with van der Waals surface area (Å²) in [4.78, 5) is 25.2. The number of hydrogen-bond donors (Lipinski definition) is 2. The molecule has 172 valence electrons. The van der Waals surface area contributed by atoms with Crippen LogP contribution in [0.25, 0.3) is 10.2 Å². The lowest BCUT2D eigenvalue weighted by atomic mass is 10.2. The molecule has 1 aliphatic heterocycles. The van der Waals surface area contributed by atoms with Gasteiger partial charge in [0, 0.05) is 19.1 Å². The Hall–Kier alpha value is -3.04. The van der Waals surface area contributed by atoms with Crippen molar-refractivity contribution in [3.8, 4) is 0 Å². The van der Waals surface area contributed by atoms with Gasteiger partial charge >= 0.3 is 0 Å². The minimum Gasteiger partial charge on any atom is -0.378 e. The molecule has 2 aromatic heterocycles. The number of benzene rings is 1. The number of carbonyl (C=O) groups excluding carboxylic acids is 1. The van der Waals surface area contributed by atoms with Gasteiger partial charge in [0.25, 0.3) is 5.91 Å². The zero-order valence-corrected chi connectivity index (χ0v) is 19.5. The maximum atomic E-state index is 12.9. The van der Waals surface area contributed by atoms with E-state index in [1.165, 1.54) is 29.7 Å². The van der Waals surface area contributed by atoms with Gasteiger partial charge in [0.2, 0.25) is 5.95 Å². The fourth-order valence-corrected chi connectivity index (χ4v) is 5.33. The molecule has 2 N–H and O–H groups in total. The number of rotatable bonds is 6. The van der Waals surface area contributed by atoms with E-state index in [4.69, 9.17) is 9.72 Å². The second kappa shape index (κ2) is 9.84. The fraction of sp³-hybridized carbons (Fsp3) is 0.417. The Morgan fingerprint density at radius 2 is 2.03 bits per heavy atom. The highest BCUT2D eigenvalue weighted by Crippen LogP contribution is 2.33. The maximum Gasteiger partial charge on any atom is 0.261 e. The Kier molecular flexibility index (Phi) is 6.50. The van der Waals surface area contributed by atoms with E-state index in [-0.39, 0.29) is 11.9 Å². The molecule has 1 aromatic carbocycles. The Labute approximate surface area is 197 Å². The summed E-state index contributed by atoms with van der Waals surface area (Å²) < 4.78 is 6.44. The minimum atomic E-state index is -0.0233. The number of hydrogen-bond acceptors (Lipinski definition) is 8. The lowest BCUT2D eigenvalue weighted by Crippen LogP contribution is -2.36. The predicted octanol–water partition coefficient (Wildman–Crippen LogP) is 3.95. The molecule has 0 atom stereocenters. The molecule has 0 radical (unpaired) electrons. The van der Waals surface area contributed by atoms with E-state index in [9.17, 15) is 4.79 Å². The zero-order chi connectivity index (χ0) is 22.6. The number of aryl methyl sites for hydroxylation is 1. The van der Waals surface area contributed by atoms with Crippen LogP contribution in [0.2, 0.25) is 0 Å². The first-order chi connectivity index (χ1) is 16.2. The van der Waals surface area contributed by atoms with Crippen LogP contribution in [0, 0.1) is 6.92 Å². The molecule has 1 amide bonds. The number of anilines is 2. The van der Waals surface area contributed by atoms with E-state index < -0.39 is 0 Å². The van der Waals surface area contributed by atoms with E-state index in [1.54, 1.807) is 6.21 Å². The largest absolute Gasteiger partial charge is 0.378 e. The third kappa shape index (κ3) is 5.15. The minimum absolute atomic E-state index is 0.0233. The summed E-state index contributed by atoms with van der Waals surface area (Å²) in [5.41, 5.74) is 5.90. The number of morpholine rings is 1. The van der Waals surface area contributed by atoms with Crippen LogP contribution in [0.15, 0.2) is 35.4 Å². The Morgan fingerprint density at radius 1 is 1.21 bits per heavy atom. The van der Waals surface area contributed by atoms with Crippen molar-refractivity contribution >= 4 is 45.4 Å². The first-order valence-electron chi connectivity index (χ1n) is 11.5. The molecule has 3 heterocycles. The van der Waals surface area contributed by atoms with Crippen molar-refractivity contribution < 1.29 is 9.53 Å². The normalized spacial score (nSPS) is 17.2. The third-order valence-corrected chi connectivity index (χ3v) is 7.12. The van der Waals surface area contributed by atoms with Crippen LogP contribution in [0.3, 0.4) is 0 Å². The first kappa shape index (κ1) is 21.8. The van der Waals surface area contributed by atoms with Crippen LogP contribution in [-0.4, -0.2) is 54.4 Å². The summed E-state index contributed by atoms with van der Waals surface area (Å²) in [5, 5.41) is 7.51. The average Bonchev–Trinajstić information content (AvgIpc) is 3.49. The number of amides is 1. The van der Waals surface area contributed by atoms with Gasteiger partial charge in [-0.15, -0.1) is 11.3 Å². The maximum absolute atomic E-state index is 12.9. The molecule has 0 unspecified atom stereocenters. The number of thiophene rings is 1. The van der Waals surface area contributed by atoms with Gasteiger partial charge in [-0.1, -0.05) is 42.7 Å². The highest BCUT2D eigenvalue weighted by atomic mass is 32.1. The average molecular weight is 465 g/mol. The van der Waals surface area contributed by atoms with Crippen molar-refractivity contribution in [3.05, 3.63) is 46.3 Å². The first-order valence-corrected chi connectivity index (χ1v) is 12.3. The van der Waals surface area contributed by atoms with Crippen molar-refractivity contribution in [3.63, 3.8) is 0 Å². The van der Waals surface area contributed by atoms with Gasteiger partial charge in [-0.3, -0.25) is 4.79 Å². The molecular formula is C24H28N6O2S. The number of fused-ring (bicyclic) bond motifs is 1. The Bertz CT molecular complexity index is 1160. The van der Waals surface area contributed by atoms with E-state index in [2.05, 4.69) is 31.8 Å². The molecule has 33 heavy (non-hydrogen) atoms. The summed E-state index contributed by atoms with van der Waals surface area (Å²) >= 11 is 1.45. The van der Waals surface area contributed by atoms with E-state index >= 15 is 0 Å². The highest BCUT2D eigenvalue weighted by Gasteiger charge is 2.23. The quantitative estimate of drug-likeness (QED) is 0.424. The predicted molar refractivity (Wildman–Crippen MR) is 133 cm³/mol. The molecular weight excluding hydrogens is 436 g/mol. The standard InChI is InChI=1S/C24H28N6O2S/c1-16-5-4-6-17(13-16)15-25-29-24-27-19-14-20(23(31)26-18-7-2-3-8-18)33-21(19)22(28-24)30-9-11-32-12-10-30/h4-6,13-15,18H,2-3,7-12H2,1H3,(H,26,31)(H,27,28,29)/b25-15+. The second-order valence-electron chi connectivity index (χ2n) is 8.53. The third-order valence-electron chi connectivity index (χ3n) is 6.00. The summed E-state index contributed by atoms with van der Waals surface area (Å²) in [7, 11) is 0. The molecule has 0 spiro atoms. The van der Waals surface area contributed by atoms with Crippen LogP contribution in [0.4, 0.5) is 11.8 Å². The number of nitrogens with zero attached hydrogens (tertiary/aromatic N) is 4. The zero-order valence-electron chi connectivity index (χ0n) is 18.7. The van der Waals surface area contributed by atoms with Crippen molar-refractivity contribution in [2.24, 2.45) is 5.10 Å². The molecule has 1 saturated heterocycles. The molecule has 1 saturated carbocycles. The topological polar surface area (TPSA) is 91.7 Å². The van der Waals surface area contributed by atoms with Crippen LogP contribution in [0.5, 0.6) is 0 Å². The number of ether oxygens (including phenoxy) is 1. The lowest BCUT2D eigenvalue weighted by Gasteiger charge is -2.28. The summed E-state index contributed by atoms with van der Waals surface area (Å²) in [6.45, 7) is 4.85. The monoisotopic (exact) mass is 464 g/mol. The van der Waals surface area contributed by atoms with E-state index in [0.717, 1.165) is 47.5 Å². The smallest absolute Gasteiger partial charge is 0.261 e. The Balaban J connectivity index is 1.43. The van der Waals surface area contributed by atoms with Crippen molar-refractivity contribution in [1.82, 2.24) is 15.3 Å². The molecule has 1 aliphatic carbocycles. The SMILES string of the molecule is Cc1cccc(/C=N/Nc2nc(N3CCOCC3)c3sc(C(=O)NC4CCCC4)cc3n2)c1. The van der Waals surface area contributed by atoms with Gasteiger partial charge in [0.05, 0.1) is 34.5 Å². The number of aromatic nitrogens is 2. The second-order valence-corrected chi connectivity index (χ2v) is 9.59. The lowest BCUT2D eigenvalue weighted by molar-refractivity contribution is 0.0942. The van der Waals surface area contributed by atoms with Gasteiger partial charge < -0.3 is 15.0 Å². The fourth-order valence-electron chi connectivity index (χ4n) is 4.31. The van der Waals surface area contributed by atoms with Crippen LogP contribution in [-0.2, 0) is 4.74 Å². The van der Waals surface area contributed by atoms with Crippen LogP contribution in [0.1, 0.15) is 46.5 Å². The molecule has 9 heteroatoms. The van der Waals surface area contributed by atoms with Crippen molar-refractivity contribution in [2.45, 2.75) is 38.6 Å². The van der Waals surface area contributed by atoms with Crippen molar-refractivity contribution in [1.29, 1.82) is 0 Å². The molecule has 3 aromatic rings. The molecule has 2 aliphatic rings. The molecule has 5 rings (SSSR count). The molecule has 0 bridgehead atoms. The van der Waals surface area contributed by atoms with Gasteiger partial charge in [-0.05, 0) is 31.4 Å². The van der Waals surface area contributed by atoms with Gasteiger partial charge in [0.15, 0.2) is 5.82 Å². The number of nitrogens with one attached hydrogen (secondary N) is 2. The number of carbonyl (C=O) groups is 1. The van der Waals surface area contributed by atoms with Gasteiger partial charge in [-0.25, -0.2) is 10.4 Å². The van der Waals surface area contributed by atoms with E-state index in [1.807, 2.05) is 31.2 Å². The summed E-state index contributed by atoms with van der Waals surface area (Å²) in [6.07, 6.45) is 6.23. The summed E-state index contributed by atoms with van der Waals surface area (Å²) in [6, 6.07) is 10.2. The van der Waals surface area contributed by atoms with Gasteiger partial charge in [-0.2, -0.15) is 10.1 Å². The molecule has 8 nitrogen and oxygen atoms in total. The van der Waals surface area contributed by atoms with Crippen LogP contribution >= 0.6 is 11.3 Å². The highest BCUT2D eigenvalue weighted by molar-refractivity contribution is 7.21. The van der Waals surface area contributed by atoms with Crippen molar-refractivity contribution in [2.75, 3.05) is 36.6 Å². The number of hydrazone groups is 1. The summed E-state index contributed by atoms with van der Waals surface area (Å²) in [5.74, 6) is 1.21. The Morgan fingerprint density at radius 3 is 2.82 bits per heavy atom. The van der Waals surface area contributed by atoms with E-state index in [0.29, 0.717) is 24.0 Å².